The number of carbonyl (C=O) groups is 1. The fourth-order valence-electron chi connectivity index (χ4n) is 2.40. The Bertz CT molecular complexity index is 607. The summed E-state index contributed by atoms with van der Waals surface area (Å²) in [7, 11) is 0. The van der Waals surface area contributed by atoms with Crippen LogP contribution in [0, 0.1) is 0 Å². The number of urea groups is 1. The molecule has 2 aromatic rings. The van der Waals surface area contributed by atoms with E-state index >= 15 is 0 Å². The van der Waals surface area contributed by atoms with Crippen molar-refractivity contribution in [2.75, 3.05) is 13.1 Å². The van der Waals surface area contributed by atoms with E-state index in [0.29, 0.717) is 24.3 Å². The van der Waals surface area contributed by atoms with Gasteiger partial charge < -0.3 is 20.5 Å². The number of benzene rings is 1. The molecular weight excluding hydrogens is 282 g/mol. The van der Waals surface area contributed by atoms with Crippen LogP contribution in [0.1, 0.15) is 18.7 Å². The molecule has 22 heavy (non-hydrogen) atoms. The van der Waals surface area contributed by atoms with E-state index in [9.17, 15) is 4.79 Å². The number of carbonyl (C=O) groups excluding carboxylic acids is 1. The van der Waals surface area contributed by atoms with Gasteiger partial charge in [-0.1, -0.05) is 35.5 Å². The predicted octanol–water partition coefficient (Wildman–Crippen LogP) is 1.29. The minimum atomic E-state index is -0.229. The molecule has 1 aliphatic rings. The predicted molar refractivity (Wildman–Crippen MR) is 81.0 cm³/mol. The van der Waals surface area contributed by atoms with Crippen molar-refractivity contribution < 1.29 is 9.32 Å². The van der Waals surface area contributed by atoms with Gasteiger partial charge in [0.25, 0.3) is 0 Å². The molecule has 7 heteroatoms. The topological polar surface area (TPSA) is 92.1 Å². The normalized spacial score (nSPS) is 17.4. The third-order valence-electron chi connectivity index (χ3n) is 3.57. The molecule has 1 aromatic heterocycles. The monoisotopic (exact) mass is 301 g/mol. The van der Waals surface area contributed by atoms with Gasteiger partial charge in [0.2, 0.25) is 11.7 Å². The first kappa shape index (κ1) is 14.5. The fraction of sp³-hybridized carbons (Fsp3) is 0.400. The summed E-state index contributed by atoms with van der Waals surface area (Å²) < 4.78 is 5.13. The summed E-state index contributed by atoms with van der Waals surface area (Å²) >= 11 is 0. The second kappa shape index (κ2) is 7.04. The van der Waals surface area contributed by atoms with E-state index < -0.39 is 0 Å². The molecule has 0 saturated carbocycles. The molecule has 1 atom stereocenters. The summed E-state index contributed by atoms with van der Waals surface area (Å²) in [5.41, 5.74) is 0.884. The SMILES string of the molecule is O=C(NCc1nc(-c2ccccc2)no1)NC[C@@H]1CCCN1. The van der Waals surface area contributed by atoms with Gasteiger partial charge >= 0.3 is 6.03 Å². The molecule has 1 fully saturated rings. The molecule has 0 aliphatic carbocycles. The highest BCUT2D eigenvalue weighted by Gasteiger charge is 2.15. The Morgan fingerprint density at radius 3 is 2.95 bits per heavy atom. The summed E-state index contributed by atoms with van der Waals surface area (Å²) in [6, 6.07) is 9.71. The lowest BCUT2D eigenvalue weighted by atomic mass is 10.2. The van der Waals surface area contributed by atoms with Gasteiger partial charge in [-0.2, -0.15) is 4.98 Å². The van der Waals surface area contributed by atoms with Crippen LogP contribution < -0.4 is 16.0 Å². The zero-order valence-electron chi connectivity index (χ0n) is 12.2. The maximum atomic E-state index is 11.7. The Balaban J connectivity index is 1.45. The summed E-state index contributed by atoms with van der Waals surface area (Å²) in [5.74, 6) is 0.904. The Kier molecular flexibility index (Phi) is 4.65. The van der Waals surface area contributed by atoms with Crippen LogP contribution in [0.25, 0.3) is 11.4 Å². The van der Waals surface area contributed by atoms with Crippen LogP contribution in [0.3, 0.4) is 0 Å². The van der Waals surface area contributed by atoms with Crippen molar-refractivity contribution in [1.29, 1.82) is 0 Å². The minimum absolute atomic E-state index is 0.212. The molecule has 2 amide bonds. The molecule has 3 rings (SSSR count). The first-order valence-corrected chi connectivity index (χ1v) is 7.44. The highest BCUT2D eigenvalue weighted by atomic mass is 16.5. The van der Waals surface area contributed by atoms with Crippen LogP contribution in [-0.2, 0) is 6.54 Å². The lowest BCUT2D eigenvalue weighted by Gasteiger charge is -2.11. The second-order valence-corrected chi connectivity index (χ2v) is 5.23. The summed E-state index contributed by atoms with van der Waals surface area (Å²) in [6.45, 7) is 1.87. The van der Waals surface area contributed by atoms with E-state index in [2.05, 4.69) is 26.1 Å². The molecule has 0 spiro atoms. The van der Waals surface area contributed by atoms with E-state index in [1.54, 1.807) is 0 Å². The summed E-state index contributed by atoms with van der Waals surface area (Å²) in [6.07, 6.45) is 2.27. The molecule has 0 radical (unpaired) electrons. The lowest BCUT2D eigenvalue weighted by Crippen LogP contribution is -2.42. The van der Waals surface area contributed by atoms with Gasteiger partial charge in [-0.15, -0.1) is 0 Å². The molecule has 3 N–H and O–H groups in total. The Morgan fingerprint density at radius 1 is 1.32 bits per heavy atom. The quantitative estimate of drug-likeness (QED) is 0.774. The maximum Gasteiger partial charge on any atom is 0.315 e. The molecule has 1 aliphatic heterocycles. The van der Waals surface area contributed by atoms with Gasteiger partial charge in [0.05, 0.1) is 6.54 Å². The minimum Gasteiger partial charge on any atom is -0.337 e. The van der Waals surface area contributed by atoms with Crippen molar-refractivity contribution in [1.82, 2.24) is 26.1 Å². The number of nitrogens with one attached hydrogen (secondary N) is 3. The van der Waals surface area contributed by atoms with Crippen LogP contribution >= 0.6 is 0 Å². The molecule has 0 bridgehead atoms. The number of nitrogens with zero attached hydrogens (tertiary/aromatic N) is 2. The number of hydrogen-bond donors (Lipinski definition) is 3. The average Bonchev–Trinajstić information content (AvgIpc) is 3.23. The number of aromatic nitrogens is 2. The van der Waals surface area contributed by atoms with Crippen molar-refractivity contribution in [2.45, 2.75) is 25.4 Å². The van der Waals surface area contributed by atoms with E-state index in [0.717, 1.165) is 24.9 Å². The molecule has 2 heterocycles. The highest BCUT2D eigenvalue weighted by molar-refractivity contribution is 5.73. The van der Waals surface area contributed by atoms with Gasteiger partial charge in [0.15, 0.2) is 0 Å². The summed E-state index contributed by atoms with van der Waals surface area (Å²) in [4.78, 5) is 16.0. The lowest BCUT2D eigenvalue weighted by molar-refractivity contribution is 0.237. The second-order valence-electron chi connectivity index (χ2n) is 5.23. The number of amides is 2. The fourth-order valence-corrected chi connectivity index (χ4v) is 2.40. The van der Waals surface area contributed by atoms with Crippen LogP contribution in [0.4, 0.5) is 4.79 Å². The Morgan fingerprint density at radius 2 is 2.18 bits per heavy atom. The summed E-state index contributed by atoms with van der Waals surface area (Å²) in [5, 5.41) is 12.8. The third-order valence-corrected chi connectivity index (χ3v) is 3.57. The van der Waals surface area contributed by atoms with Crippen LogP contribution in [0.15, 0.2) is 34.9 Å². The smallest absolute Gasteiger partial charge is 0.315 e. The van der Waals surface area contributed by atoms with Gasteiger partial charge in [-0.3, -0.25) is 0 Å². The maximum absolute atomic E-state index is 11.7. The van der Waals surface area contributed by atoms with Crippen molar-refractivity contribution in [3.05, 3.63) is 36.2 Å². The number of hydrogen-bond acceptors (Lipinski definition) is 5. The molecular formula is C15H19N5O2. The van der Waals surface area contributed by atoms with Crippen molar-refractivity contribution >= 4 is 6.03 Å². The number of rotatable bonds is 5. The van der Waals surface area contributed by atoms with Gasteiger partial charge in [-0.25, -0.2) is 4.79 Å². The Labute approximate surface area is 128 Å². The molecule has 1 saturated heterocycles. The van der Waals surface area contributed by atoms with E-state index in [4.69, 9.17) is 4.52 Å². The van der Waals surface area contributed by atoms with E-state index in [1.165, 1.54) is 0 Å². The van der Waals surface area contributed by atoms with Gasteiger partial charge in [0.1, 0.15) is 0 Å². The highest BCUT2D eigenvalue weighted by Crippen LogP contribution is 2.14. The molecule has 116 valence electrons. The zero-order chi connectivity index (χ0) is 15.2. The Hall–Kier alpha value is -2.41. The van der Waals surface area contributed by atoms with E-state index in [-0.39, 0.29) is 12.6 Å². The van der Waals surface area contributed by atoms with Crippen molar-refractivity contribution in [3.63, 3.8) is 0 Å². The third kappa shape index (κ3) is 3.82. The largest absolute Gasteiger partial charge is 0.337 e. The molecule has 1 aromatic carbocycles. The average molecular weight is 301 g/mol. The molecule has 0 unspecified atom stereocenters. The van der Waals surface area contributed by atoms with Crippen LogP contribution in [0.2, 0.25) is 0 Å². The van der Waals surface area contributed by atoms with Crippen molar-refractivity contribution in [2.24, 2.45) is 0 Å². The van der Waals surface area contributed by atoms with Gasteiger partial charge in [0, 0.05) is 18.2 Å². The standard InChI is InChI=1S/C15H19N5O2/c21-15(17-9-12-7-4-8-16-12)18-10-13-19-14(20-22-13)11-5-2-1-3-6-11/h1-3,5-6,12,16H,4,7-10H2,(H2,17,18,21)/t12-/m0/s1. The van der Waals surface area contributed by atoms with E-state index in [1.807, 2.05) is 30.3 Å². The van der Waals surface area contributed by atoms with Crippen LogP contribution in [0.5, 0.6) is 0 Å². The van der Waals surface area contributed by atoms with Gasteiger partial charge in [-0.05, 0) is 19.4 Å². The first-order chi connectivity index (χ1) is 10.8. The van der Waals surface area contributed by atoms with Crippen LogP contribution in [-0.4, -0.2) is 35.3 Å². The zero-order valence-corrected chi connectivity index (χ0v) is 12.2. The molecule has 7 nitrogen and oxygen atoms in total. The van der Waals surface area contributed by atoms with Crippen molar-refractivity contribution in [3.8, 4) is 11.4 Å². The first-order valence-electron chi connectivity index (χ1n) is 7.44.